The van der Waals surface area contributed by atoms with Crippen LogP contribution in [0.4, 0.5) is 0 Å². The molecular weight excluding hydrogens is 202 g/mol. The van der Waals surface area contributed by atoms with E-state index in [2.05, 4.69) is 6.92 Å². The van der Waals surface area contributed by atoms with Crippen LogP contribution in [0.25, 0.3) is 0 Å². The second-order valence-corrected chi connectivity index (χ2v) is 4.13. The number of carbonyl (C=O) groups is 1. The van der Waals surface area contributed by atoms with Crippen LogP contribution in [-0.2, 0) is 11.3 Å². The van der Waals surface area contributed by atoms with Gasteiger partial charge in [0.1, 0.15) is 5.75 Å². The first-order valence-electron chi connectivity index (χ1n) is 5.75. The summed E-state index contributed by atoms with van der Waals surface area (Å²) in [4.78, 5) is 13.9. The molecule has 0 radical (unpaired) electrons. The van der Waals surface area contributed by atoms with Crippen LogP contribution in [0, 0.1) is 0 Å². The van der Waals surface area contributed by atoms with Gasteiger partial charge in [-0.25, -0.2) is 0 Å². The van der Waals surface area contributed by atoms with Gasteiger partial charge in [0.25, 0.3) is 5.91 Å². The van der Waals surface area contributed by atoms with E-state index in [1.54, 1.807) is 0 Å². The first kappa shape index (κ1) is 11.0. The van der Waals surface area contributed by atoms with Gasteiger partial charge >= 0.3 is 0 Å². The highest BCUT2D eigenvalue weighted by atomic mass is 16.5. The minimum absolute atomic E-state index is 0.0815. The molecule has 0 saturated heterocycles. The molecular formula is C13H17NO2. The van der Waals surface area contributed by atoms with Crippen LogP contribution >= 0.6 is 0 Å². The molecule has 0 aromatic heterocycles. The molecule has 1 aromatic carbocycles. The fraction of sp³-hybridized carbons (Fsp3) is 0.462. The van der Waals surface area contributed by atoms with E-state index >= 15 is 0 Å². The van der Waals surface area contributed by atoms with Crippen LogP contribution in [0.3, 0.4) is 0 Å². The number of hydrogen-bond donors (Lipinski definition) is 0. The molecule has 86 valence electrons. The molecule has 0 bridgehead atoms. The van der Waals surface area contributed by atoms with Gasteiger partial charge < -0.3 is 9.64 Å². The molecule has 1 aromatic rings. The summed E-state index contributed by atoms with van der Waals surface area (Å²) in [6.45, 7) is 5.34. The standard InChI is InChI=1S/C13H17NO2/c1-3-8-14-9-11-6-4-5-7-12(11)16-10(2)13(14)15/h4-7,10H,3,8-9H2,1-2H3/t10-/m0/s1. The maximum atomic E-state index is 12.0. The Morgan fingerprint density at radius 3 is 2.94 bits per heavy atom. The normalized spacial score (nSPS) is 20.0. The molecule has 1 amide bonds. The first-order chi connectivity index (χ1) is 7.72. The van der Waals surface area contributed by atoms with E-state index < -0.39 is 0 Å². The van der Waals surface area contributed by atoms with Gasteiger partial charge in [0, 0.05) is 18.7 Å². The number of amides is 1. The lowest BCUT2D eigenvalue weighted by atomic mass is 10.2. The summed E-state index contributed by atoms with van der Waals surface area (Å²) >= 11 is 0. The highest BCUT2D eigenvalue weighted by molar-refractivity contribution is 5.81. The van der Waals surface area contributed by atoms with E-state index in [0.29, 0.717) is 6.54 Å². The van der Waals surface area contributed by atoms with E-state index in [9.17, 15) is 4.79 Å². The van der Waals surface area contributed by atoms with E-state index in [1.807, 2.05) is 36.1 Å². The number of fused-ring (bicyclic) bond motifs is 1. The molecule has 3 heteroatoms. The van der Waals surface area contributed by atoms with E-state index in [4.69, 9.17) is 4.74 Å². The minimum Gasteiger partial charge on any atom is -0.481 e. The second-order valence-electron chi connectivity index (χ2n) is 4.13. The van der Waals surface area contributed by atoms with Crippen LogP contribution in [0.5, 0.6) is 5.75 Å². The molecule has 16 heavy (non-hydrogen) atoms. The minimum atomic E-state index is -0.379. The molecule has 0 saturated carbocycles. The summed E-state index contributed by atoms with van der Waals surface area (Å²) in [6, 6.07) is 7.86. The fourth-order valence-electron chi connectivity index (χ4n) is 1.99. The van der Waals surface area contributed by atoms with Gasteiger partial charge in [0.05, 0.1) is 0 Å². The van der Waals surface area contributed by atoms with Crippen LogP contribution in [-0.4, -0.2) is 23.5 Å². The average Bonchev–Trinajstić information content (AvgIpc) is 2.40. The van der Waals surface area contributed by atoms with Gasteiger partial charge in [-0.3, -0.25) is 4.79 Å². The van der Waals surface area contributed by atoms with Gasteiger partial charge in [0.2, 0.25) is 0 Å². The van der Waals surface area contributed by atoms with Crippen molar-refractivity contribution in [3.63, 3.8) is 0 Å². The van der Waals surface area contributed by atoms with Crippen molar-refractivity contribution >= 4 is 5.91 Å². The first-order valence-corrected chi connectivity index (χ1v) is 5.75. The van der Waals surface area contributed by atoms with Crippen molar-refractivity contribution in [3.8, 4) is 5.75 Å². The van der Waals surface area contributed by atoms with Crippen LogP contribution in [0.2, 0.25) is 0 Å². The lowest BCUT2D eigenvalue weighted by Gasteiger charge is -2.21. The molecule has 2 rings (SSSR count). The molecule has 1 atom stereocenters. The Hall–Kier alpha value is -1.51. The number of benzene rings is 1. The molecule has 3 nitrogen and oxygen atoms in total. The predicted octanol–water partition coefficient (Wildman–Crippen LogP) is 2.21. The summed E-state index contributed by atoms with van der Waals surface area (Å²) in [6.07, 6.45) is 0.593. The lowest BCUT2D eigenvalue weighted by molar-refractivity contribution is -0.137. The maximum absolute atomic E-state index is 12.0. The largest absolute Gasteiger partial charge is 0.481 e. The van der Waals surface area contributed by atoms with Crippen molar-refractivity contribution in [2.75, 3.05) is 6.54 Å². The SMILES string of the molecule is CCCN1Cc2ccccc2O[C@@H](C)C1=O. The van der Waals surface area contributed by atoms with Crippen molar-refractivity contribution in [2.24, 2.45) is 0 Å². The summed E-state index contributed by atoms with van der Waals surface area (Å²) in [5.74, 6) is 0.917. The van der Waals surface area contributed by atoms with Crippen molar-refractivity contribution in [1.82, 2.24) is 4.90 Å². The van der Waals surface area contributed by atoms with Gasteiger partial charge in [-0.1, -0.05) is 25.1 Å². The highest BCUT2D eigenvalue weighted by Gasteiger charge is 2.26. The zero-order valence-corrected chi connectivity index (χ0v) is 9.77. The molecule has 1 aliphatic heterocycles. The van der Waals surface area contributed by atoms with Crippen LogP contribution < -0.4 is 4.74 Å². The fourth-order valence-corrected chi connectivity index (χ4v) is 1.99. The molecule has 0 N–H and O–H groups in total. The molecule has 0 aliphatic carbocycles. The quantitative estimate of drug-likeness (QED) is 0.763. The smallest absolute Gasteiger partial charge is 0.263 e. The van der Waals surface area contributed by atoms with Gasteiger partial charge in [-0.05, 0) is 19.4 Å². The van der Waals surface area contributed by atoms with Gasteiger partial charge in [-0.2, -0.15) is 0 Å². The summed E-state index contributed by atoms with van der Waals surface area (Å²) < 4.78 is 5.65. The Bertz CT molecular complexity index is 389. The topological polar surface area (TPSA) is 29.5 Å². The Kier molecular flexibility index (Phi) is 3.13. The predicted molar refractivity (Wildman–Crippen MR) is 62.2 cm³/mol. The Labute approximate surface area is 96.0 Å². The third-order valence-corrected chi connectivity index (χ3v) is 2.79. The lowest BCUT2D eigenvalue weighted by Crippen LogP contribution is -2.38. The van der Waals surface area contributed by atoms with E-state index in [1.165, 1.54) is 0 Å². The Morgan fingerprint density at radius 1 is 1.44 bits per heavy atom. The van der Waals surface area contributed by atoms with Gasteiger partial charge in [-0.15, -0.1) is 0 Å². The van der Waals surface area contributed by atoms with Crippen molar-refractivity contribution < 1.29 is 9.53 Å². The monoisotopic (exact) mass is 219 g/mol. The highest BCUT2D eigenvalue weighted by Crippen LogP contribution is 2.25. The number of carbonyl (C=O) groups excluding carboxylic acids is 1. The third kappa shape index (κ3) is 2.03. The molecule has 0 fully saturated rings. The summed E-state index contributed by atoms with van der Waals surface area (Å²) in [5.41, 5.74) is 1.09. The average molecular weight is 219 g/mol. The zero-order chi connectivity index (χ0) is 11.5. The van der Waals surface area contributed by atoms with Crippen LogP contribution in [0.1, 0.15) is 25.8 Å². The number of ether oxygens (including phenoxy) is 1. The van der Waals surface area contributed by atoms with Gasteiger partial charge in [0.15, 0.2) is 6.10 Å². The van der Waals surface area contributed by atoms with Crippen molar-refractivity contribution in [3.05, 3.63) is 29.8 Å². The Morgan fingerprint density at radius 2 is 2.19 bits per heavy atom. The number of hydrogen-bond acceptors (Lipinski definition) is 2. The summed E-state index contributed by atoms with van der Waals surface area (Å²) in [5, 5.41) is 0. The number of para-hydroxylation sites is 1. The molecule has 0 unspecified atom stereocenters. The van der Waals surface area contributed by atoms with E-state index in [0.717, 1.165) is 24.3 Å². The van der Waals surface area contributed by atoms with E-state index in [-0.39, 0.29) is 12.0 Å². The third-order valence-electron chi connectivity index (χ3n) is 2.79. The number of nitrogens with zero attached hydrogens (tertiary/aromatic N) is 1. The van der Waals surface area contributed by atoms with Crippen molar-refractivity contribution in [1.29, 1.82) is 0 Å². The molecule has 1 heterocycles. The summed E-state index contributed by atoms with van der Waals surface area (Å²) in [7, 11) is 0. The molecule has 0 spiro atoms. The second kappa shape index (κ2) is 4.56. The van der Waals surface area contributed by atoms with Crippen LogP contribution in [0.15, 0.2) is 24.3 Å². The zero-order valence-electron chi connectivity index (χ0n) is 9.77. The number of rotatable bonds is 2. The van der Waals surface area contributed by atoms with Crippen molar-refractivity contribution in [2.45, 2.75) is 32.9 Å². The Balaban J connectivity index is 2.30. The molecule has 1 aliphatic rings. The maximum Gasteiger partial charge on any atom is 0.263 e.